The molecule has 1 N–H and O–H groups in total. The molecule has 0 aliphatic carbocycles. The first-order valence-corrected chi connectivity index (χ1v) is 6.91. The SMILES string of the molecule is CNC12CN3CCN(C1)CC(c1ccco1)(C3)C2=O. The maximum atomic E-state index is 13.1. The molecule has 2 unspecified atom stereocenters. The molecule has 0 saturated carbocycles. The Kier molecular flexibility index (Phi) is 2.26. The topological polar surface area (TPSA) is 48.7 Å². The molecule has 1 aromatic rings. The zero-order valence-corrected chi connectivity index (χ0v) is 11.2. The fourth-order valence-electron chi connectivity index (χ4n) is 4.17. The number of rotatable bonds is 2. The molecule has 0 spiro atoms. The predicted octanol–water partition coefficient (Wildman–Crippen LogP) is -0.310. The second kappa shape index (κ2) is 3.69. The van der Waals surface area contributed by atoms with Crippen molar-refractivity contribution in [1.82, 2.24) is 15.1 Å². The van der Waals surface area contributed by atoms with Gasteiger partial charge in [0.15, 0.2) is 5.78 Å². The molecule has 0 radical (unpaired) electrons. The van der Waals surface area contributed by atoms with E-state index >= 15 is 0 Å². The zero-order chi connectivity index (χ0) is 13.1. The summed E-state index contributed by atoms with van der Waals surface area (Å²) in [6.45, 7) is 5.31. The van der Waals surface area contributed by atoms with E-state index in [4.69, 9.17) is 4.42 Å². The van der Waals surface area contributed by atoms with E-state index < -0.39 is 11.0 Å². The van der Waals surface area contributed by atoms with Crippen LogP contribution in [0.2, 0.25) is 0 Å². The fraction of sp³-hybridized carbons (Fsp3) is 0.643. The highest BCUT2D eigenvalue weighted by Gasteiger charge is 2.62. The van der Waals surface area contributed by atoms with Gasteiger partial charge in [0.2, 0.25) is 0 Å². The molecule has 4 fully saturated rings. The van der Waals surface area contributed by atoms with E-state index in [1.165, 1.54) is 0 Å². The third-order valence-corrected chi connectivity index (χ3v) is 5.05. The molecule has 5 nitrogen and oxygen atoms in total. The van der Waals surface area contributed by atoms with Crippen molar-refractivity contribution in [2.45, 2.75) is 11.0 Å². The lowest BCUT2D eigenvalue weighted by atomic mass is 9.66. The maximum absolute atomic E-state index is 13.1. The number of Topliss-reactive ketones (excluding diaryl/α,β-unsaturated/α-hetero) is 1. The minimum atomic E-state index is -0.487. The largest absolute Gasteiger partial charge is 0.468 e. The third kappa shape index (κ3) is 1.38. The molecular formula is C14H19N3O2. The number of nitrogens with one attached hydrogen (secondary N) is 1. The Morgan fingerprint density at radius 2 is 1.89 bits per heavy atom. The number of ketones is 1. The van der Waals surface area contributed by atoms with Crippen LogP contribution in [0.5, 0.6) is 0 Å². The minimum absolute atomic E-state index is 0.312. The number of hydrogen-bond donors (Lipinski definition) is 1. The monoisotopic (exact) mass is 261 g/mol. The van der Waals surface area contributed by atoms with Gasteiger partial charge in [0.1, 0.15) is 16.7 Å². The summed E-state index contributed by atoms with van der Waals surface area (Å²) in [5.41, 5.74) is -0.917. The number of fused-ring (bicyclic) bond motifs is 1. The van der Waals surface area contributed by atoms with Gasteiger partial charge in [-0.25, -0.2) is 0 Å². The van der Waals surface area contributed by atoms with E-state index in [1.807, 2.05) is 19.2 Å². The van der Waals surface area contributed by atoms with Crippen LogP contribution in [-0.2, 0) is 10.2 Å². The summed E-state index contributed by atoms with van der Waals surface area (Å²) in [6, 6.07) is 3.84. The number of hydrogen-bond acceptors (Lipinski definition) is 5. The van der Waals surface area contributed by atoms with Crippen LogP contribution in [0, 0.1) is 0 Å². The van der Waals surface area contributed by atoms with E-state index in [0.29, 0.717) is 5.78 Å². The molecule has 4 bridgehead atoms. The minimum Gasteiger partial charge on any atom is -0.468 e. The number of furan rings is 1. The second-order valence-electron chi connectivity index (χ2n) is 6.14. The highest BCUT2D eigenvalue weighted by atomic mass is 16.3. The standard InChI is InChI=1S/C14H19N3O2/c1-15-14-9-16-4-5-17(10-14)8-13(7-16,12(14)18)11-3-2-6-19-11/h2-3,6,15H,4-5,7-10H2,1H3. The smallest absolute Gasteiger partial charge is 0.171 e. The van der Waals surface area contributed by atoms with Gasteiger partial charge < -0.3 is 9.73 Å². The van der Waals surface area contributed by atoms with Gasteiger partial charge >= 0.3 is 0 Å². The first-order chi connectivity index (χ1) is 9.18. The Hall–Kier alpha value is -1.17. The van der Waals surface area contributed by atoms with E-state index in [9.17, 15) is 4.79 Å². The fourth-order valence-corrected chi connectivity index (χ4v) is 4.17. The van der Waals surface area contributed by atoms with Crippen molar-refractivity contribution in [3.8, 4) is 0 Å². The first-order valence-electron chi connectivity index (χ1n) is 6.91. The van der Waals surface area contributed by atoms with Crippen LogP contribution in [-0.4, -0.2) is 67.4 Å². The second-order valence-corrected chi connectivity index (χ2v) is 6.14. The molecule has 5 rings (SSSR count). The maximum Gasteiger partial charge on any atom is 0.171 e. The van der Waals surface area contributed by atoms with Crippen LogP contribution in [0.4, 0.5) is 0 Å². The van der Waals surface area contributed by atoms with Crippen LogP contribution >= 0.6 is 0 Å². The molecule has 4 aliphatic heterocycles. The van der Waals surface area contributed by atoms with Gasteiger partial charge in [-0.3, -0.25) is 14.6 Å². The van der Waals surface area contributed by atoms with E-state index in [0.717, 1.165) is 45.0 Å². The van der Waals surface area contributed by atoms with Gasteiger partial charge in [0.25, 0.3) is 0 Å². The van der Waals surface area contributed by atoms with Crippen molar-refractivity contribution >= 4 is 5.78 Å². The number of carbonyl (C=O) groups is 1. The van der Waals surface area contributed by atoms with Crippen molar-refractivity contribution in [2.24, 2.45) is 0 Å². The number of piperidine rings is 2. The van der Waals surface area contributed by atoms with E-state index in [-0.39, 0.29) is 0 Å². The molecule has 1 aromatic heterocycles. The summed E-state index contributed by atoms with van der Waals surface area (Å²) in [7, 11) is 1.91. The molecule has 0 amide bonds. The van der Waals surface area contributed by atoms with Crippen LogP contribution in [0.1, 0.15) is 5.76 Å². The zero-order valence-electron chi connectivity index (χ0n) is 11.2. The lowest BCUT2D eigenvalue weighted by molar-refractivity contribution is -0.142. The molecule has 2 atom stereocenters. The number of carbonyl (C=O) groups excluding carboxylic acids is 1. The summed E-state index contributed by atoms with van der Waals surface area (Å²) < 4.78 is 5.63. The molecule has 5 heteroatoms. The van der Waals surface area contributed by atoms with Crippen molar-refractivity contribution in [2.75, 3.05) is 46.3 Å². The summed E-state index contributed by atoms with van der Waals surface area (Å²) in [5, 5.41) is 3.31. The van der Waals surface area contributed by atoms with Crippen LogP contribution in [0.25, 0.3) is 0 Å². The average Bonchev–Trinajstić information content (AvgIpc) is 2.83. The van der Waals surface area contributed by atoms with Crippen molar-refractivity contribution in [1.29, 1.82) is 0 Å². The molecule has 19 heavy (non-hydrogen) atoms. The lowest BCUT2D eigenvalue weighted by Gasteiger charge is -2.53. The Labute approximate surface area is 112 Å². The van der Waals surface area contributed by atoms with Crippen molar-refractivity contribution in [3.05, 3.63) is 24.2 Å². The van der Waals surface area contributed by atoms with Gasteiger partial charge in [-0.2, -0.15) is 0 Å². The highest BCUT2D eigenvalue weighted by molar-refractivity contribution is 6.00. The molecule has 5 heterocycles. The van der Waals surface area contributed by atoms with Crippen LogP contribution < -0.4 is 5.32 Å². The average molecular weight is 261 g/mol. The van der Waals surface area contributed by atoms with Gasteiger partial charge in [-0.15, -0.1) is 0 Å². The summed E-state index contributed by atoms with van der Waals surface area (Å²) in [4.78, 5) is 17.9. The Morgan fingerprint density at radius 1 is 1.21 bits per heavy atom. The first kappa shape index (κ1) is 11.6. The van der Waals surface area contributed by atoms with Crippen molar-refractivity contribution in [3.63, 3.8) is 0 Å². The third-order valence-electron chi connectivity index (χ3n) is 5.05. The molecule has 102 valence electrons. The molecule has 0 aromatic carbocycles. The number of likely N-dealkylation sites (N-methyl/N-ethyl adjacent to an activating group) is 1. The highest BCUT2D eigenvalue weighted by Crippen LogP contribution is 2.42. The normalized spacial score (nSPS) is 44.6. The van der Waals surface area contributed by atoms with Gasteiger partial charge in [0, 0.05) is 39.3 Å². The van der Waals surface area contributed by atoms with Crippen LogP contribution in [0.15, 0.2) is 22.8 Å². The summed E-state index contributed by atoms with van der Waals surface area (Å²) in [6.07, 6.45) is 1.67. The van der Waals surface area contributed by atoms with Gasteiger partial charge in [-0.05, 0) is 19.2 Å². The quantitative estimate of drug-likeness (QED) is 0.791. The Balaban J connectivity index is 1.89. The lowest BCUT2D eigenvalue weighted by Crippen LogP contribution is -2.76. The van der Waals surface area contributed by atoms with E-state index in [1.54, 1.807) is 6.26 Å². The molecular weight excluding hydrogens is 242 g/mol. The van der Waals surface area contributed by atoms with Crippen molar-refractivity contribution < 1.29 is 9.21 Å². The summed E-state index contributed by atoms with van der Waals surface area (Å²) >= 11 is 0. The Bertz CT molecular complexity index is 495. The molecule has 4 saturated heterocycles. The Morgan fingerprint density at radius 3 is 2.42 bits per heavy atom. The molecule has 4 aliphatic rings. The van der Waals surface area contributed by atoms with Gasteiger partial charge in [0.05, 0.1) is 6.26 Å². The van der Waals surface area contributed by atoms with E-state index in [2.05, 4.69) is 15.1 Å². The van der Waals surface area contributed by atoms with Gasteiger partial charge in [-0.1, -0.05) is 0 Å². The summed E-state index contributed by atoms with van der Waals surface area (Å²) in [5.74, 6) is 1.14. The van der Waals surface area contributed by atoms with Crippen LogP contribution in [0.3, 0.4) is 0 Å². The predicted molar refractivity (Wildman–Crippen MR) is 70.1 cm³/mol. The number of nitrogens with zero attached hydrogens (tertiary/aromatic N) is 2.